The summed E-state index contributed by atoms with van der Waals surface area (Å²) in [5, 5.41) is 4.36. The molecule has 0 saturated heterocycles. The van der Waals surface area contributed by atoms with Gasteiger partial charge in [0.2, 0.25) is 0 Å². The first kappa shape index (κ1) is 10.4. The topological polar surface area (TPSA) is 24.9 Å². The highest BCUT2D eigenvalue weighted by Crippen LogP contribution is 2.13. The predicted molar refractivity (Wildman–Crippen MR) is 59.3 cm³/mol. The quantitative estimate of drug-likeness (QED) is 0.750. The number of aromatic nitrogens is 1. The molecular weight excluding hydrogens is 180 g/mol. The van der Waals surface area contributed by atoms with Gasteiger partial charge >= 0.3 is 0 Å². The summed E-state index contributed by atoms with van der Waals surface area (Å²) in [4.78, 5) is 4.42. The lowest BCUT2D eigenvalue weighted by Crippen LogP contribution is -2.08. The largest absolute Gasteiger partial charge is 0.370 e. The van der Waals surface area contributed by atoms with Crippen molar-refractivity contribution in [2.75, 3.05) is 18.1 Å². The van der Waals surface area contributed by atoms with Crippen LogP contribution in [0, 0.1) is 5.92 Å². The summed E-state index contributed by atoms with van der Waals surface area (Å²) in [6.45, 7) is 5.35. The Hall–Kier alpha value is -0.700. The van der Waals surface area contributed by atoms with E-state index in [0.717, 1.165) is 17.4 Å². The lowest BCUT2D eigenvalue weighted by molar-refractivity contribution is 0.686. The SMILES string of the molecule is CSc1cccc(NCC(C)C)n1. The molecule has 13 heavy (non-hydrogen) atoms. The molecule has 2 nitrogen and oxygen atoms in total. The molecule has 0 saturated carbocycles. The maximum absolute atomic E-state index is 4.42. The molecule has 3 heteroatoms. The molecular formula is C10H16N2S. The van der Waals surface area contributed by atoms with Crippen molar-refractivity contribution < 1.29 is 0 Å². The Labute approximate surface area is 84.1 Å². The molecule has 0 aliphatic carbocycles. The molecule has 0 radical (unpaired) electrons. The van der Waals surface area contributed by atoms with Gasteiger partial charge in [-0.2, -0.15) is 0 Å². The van der Waals surface area contributed by atoms with E-state index in [1.54, 1.807) is 11.8 Å². The maximum Gasteiger partial charge on any atom is 0.127 e. The van der Waals surface area contributed by atoms with Crippen LogP contribution >= 0.6 is 11.8 Å². The minimum atomic E-state index is 0.653. The molecule has 0 atom stereocenters. The second kappa shape index (κ2) is 5.12. The van der Waals surface area contributed by atoms with E-state index in [2.05, 4.69) is 24.1 Å². The predicted octanol–water partition coefficient (Wildman–Crippen LogP) is 2.87. The molecule has 72 valence electrons. The summed E-state index contributed by atoms with van der Waals surface area (Å²) in [6.07, 6.45) is 2.04. The van der Waals surface area contributed by atoms with E-state index in [0.29, 0.717) is 5.92 Å². The molecule has 0 spiro atoms. The Morgan fingerprint density at radius 3 is 2.85 bits per heavy atom. The van der Waals surface area contributed by atoms with Gasteiger partial charge in [0.1, 0.15) is 5.82 Å². The average Bonchev–Trinajstić information content (AvgIpc) is 2.15. The zero-order valence-electron chi connectivity index (χ0n) is 8.37. The minimum Gasteiger partial charge on any atom is -0.370 e. The number of rotatable bonds is 4. The third kappa shape index (κ3) is 3.68. The Kier molecular flexibility index (Phi) is 4.09. The summed E-state index contributed by atoms with van der Waals surface area (Å²) in [6, 6.07) is 6.05. The lowest BCUT2D eigenvalue weighted by Gasteiger charge is -2.08. The first-order valence-corrected chi connectivity index (χ1v) is 5.69. The van der Waals surface area contributed by atoms with Gasteiger partial charge in [0.05, 0.1) is 5.03 Å². The van der Waals surface area contributed by atoms with Gasteiger partial charge in [-0.05, 0) is 24.3 Å². The fourth-order valence-electron chi connectivity index (χ4n) is 0.936. The Morgan fingerprint density at radius 1 is 1.46 bits per heavy atom. The molecule has 0 unspecified atom stereocenters. The number of anilines is 1. The van der Waals surface area contributed by atoms with Crippen molar-refractivity contribution in [2.24, 2.45) is 5.92 Å². The van der Waals surface area contributed by atoms with Crippen LogP contribution in [-0.4, -0.2) is 17.8 Å². The van der Waals surface area contributed by atoms with E-state index >= 15 is 0 Å². The lowest BCUT2D eigenvalue weighted by atomic mass is 10.2. The van der Waals surface area contributed by atoms with Crippen molar-refractivity contribution in [1.82, 2.24) is 4.98 Å². The molecule has 1 rings (SSSR count). The maximum atomic E-state index is 4.42. The van der Waals surface area contributed by atoms with Crippen LogP contribution in [0.25, 0.3) is 0 Å². The highest BCUT2D eigenvalue weighted by molar-refractivity contribution is 7.98. The van der Waals surface area contributed by atoms with Gasteiger partial charge in [-0.1, -0.05) is 19.9 Å². The van der Waals surface area contributed by atoms with Crippen molar-refractivity contribution >= 4 is 17.6 Å². The molecule has 0 amide bonds. The van der Waals surface area contributed by atoms with Crippen LogP contribution in [-0.2, 0) is 0 Å². The van der Waals surface area contributed by atoms with Crippen molar-refractivity contribution in [3.8, 4) is 0 Å². The number of hydrogen-bond donors (Lipinski definition) is 1. The highest BCUT2D eigenvalue weighted by atomic mass is 32.2. The van der Waals surface area contributed by atoms with Crippen molar-refractivity contribution in [1.29, 1.82) is 0 Å². The van der Waals surface area contributed by atoms with E-state index < -0.39 is 0 Å². The van der Waals surface area contributed by atoms with Crippen LogP contribution in [0.4, 0.5) is 5.82 Å². The normalized spacial score (nSPS) is 10.5. The second-order valence-electron chi connectivity index (χ2n) is 3.34. The second-order valence-corrected chi connectivity index (χ2v) is 4.17. The van der Waals surface area contributed by atoms with E-state index in [1.807, 2.05) is 24.5 Å². The molecule has 1 heterocycles. The van der Waals surface area contributed by atoms with E-state index in [4.69, 9.17) is 0 Å². The molecule has 1 aromatic heterocycles. The zero-order valence-corrected chi connectivity index (χ0v) is 9.19. The van der Waals surface area contributed by atoms with Crippen LogP contribution in [0.5, 0.6) is 0 Å². The van der Waals surface area contributed by atoms with E-state index in [9.17, 15) is 0 Å². The van der Waals surface area contributed by atoms with Crippen molar-refractivity contribution in [3.05, 3.63) is 18.2 Å². The summed E-state index contributed by atoms with van der Waals surface area (Å²) >= 11 is 1.67. The number of hydrogen-bond acceptors (Lipinski definition) is 3. The minimum absolute atomic E-state index is 0.653. The Balaban J connectivity index is 2.56. The first-order chi connectivity index (χ1) is 6.22. The number of thioether (sulfide) groups is 1. The Bertz CT molecular complexity index is 261. The standard InChI is InChI=1S/C10H16N2S/c1-8(2)7-11-9-5-4-6-10(12-9)13-3/h4-6,8H,7H2,1-3H3,(H,11,12). The molecule has 0 bridgehead atoms. The van der Waals surface area contributed by atoms with Crippen molar-refractivity contribution in [3.63, 3.8) is 0 Å². The third-order valence-electron chi connectivity index (χ3n) is 1.62. The molecule has 0 aliphatic heterocycles. The van der Waals surface area contributed by atoms with Crippen LogP contribution in [0.2, 0.25) is 0 Å². The average molecular weight is 196 g/mol. The summed E-state index contributed by atoms with van der Waals surface area (Å²) < 4.78 is 0. The first-order valence-electron chi connectivity index (χ1n) is 4.47. The summed E-state index contributed by atoms with van der Waals surface area (Å²) in [5.74, 6) is 1.63. The van der Waals surface area contributed by atoms with Gasteiger partial charge in [-0.3, -0.25) is 0 Å². The summed E-state index contributed by atoms with van der Waals surface area (Å²) in [7, 11) is 0. The highest BCUT2D eigenvalue weighted by Gasteiger charge is 1.97. The molecule has 0 aromatic carbocycles. The monoisotopic (exact) mass is 196 g/mol. The van der Waals surface area contributed by atoms with Crippen LogP contribution < -0.4 is 5.32 Å². The van der Waals surface area contributed by atoms with Crippen LogP contribution in [0.15, 0.2) is 23.2 Å². The van der Waals surface area contributed by atoms with Crippen LogP contribution in [0.1, 0.15) is 13.8 Å². The smallest absolute Gasteiger partial charge is 0.127 e. The van der Waals surface area contributed by atoms with Gasteiger partial charge in [0, 0.05) is 6.54 Å². The van der Waals surface area contributed by atoms with E-state index in [1.165, 1.54) is 0 Å². The van der Waals surface area contributed by atoms with Gasteiger partial charge in [0.25, 0.3) is 0 Å². The molecule has 0 fully saturated rings. The fourth-order valence-corrected chi connectivity index (χ4v) is 1.34. The summed E-state index contributed by atoms with van der Waals surface area (Å²) in [5.41, 5.74) is 0. The van der Waals surface area contributed by atoms with Gasteiger partial charge in [-0.25, -0.2) is 4.98 Å². The number of pyridine rings is 1. The van der Waals surface area contributed by atoms with Crippen molar-refractivity contribution in [2.45, 2.75) is 18.9 Å². The van der Waals surface area contributed by atoms with Gasteiger partial charge in [-0.15, -0.1) is 11.8 Å². The molecule has 1 N–H and O–H groups in total. The third-order valence-corrected chi connectivity index (χ3v) is 2.27. The Morgan fingerprint density at radius 2 is 2.23 bits per heavy atom. The molecule has 0 aliphatic rings. The number of nitrogens with zero attached hydrogens (tertiary/aromatic N) is 1. The van der Waals surface area contributed by atoms with Gasteiger partial charge in [0.15, 0.2) is 0 Å². The number of nitrogens with one attached hydrogen (secondary N) is 1. The fraction of sp³-hybridized carbons (Fsp3) is 0.500. The zero-order chi connectivity index (χ0) is 9.68. The van der Waals surface area contributed by atoms with E-state index in [-0.39, 0.29) is 0 Å². The van der Waals surface area contributed by atoms with Crippen LogP contribution in [0.3, 0.4) is 0 Å². The van der Waals surface area contributed by atoms with Gasteiger partial charge < -0.3 is 5.32 Å². The molecule has 1 aromatic rings.